The molecule has 0 atom stereocenters. The first-order chi connectivity index (χ1) is 7.44. The molecule has 88 valence electrons. The minimum atomic E-state index is -0.220. The van der Waals surface area contributed by atoms with E-state index < -0.39 is 0 Å². The fourth-order valence-electron chi connectivity index (χ4n) is 1.03. The number of hydrogen-bond acceptors (Lipinski definition) is 4. The Morgan fingerprint density at radius 2 is 2.19 bits per heavy atom. The van der Waals surface area contributed by atoms with Gasteiger partial charge in [-0.2, -0.15) is 0 Å². The highest BCUT2D eigenvalue weighted by Crippen LogP contribution is 2.11. The normalized spacial score (nSPS) is 11.0. The lowest BCUT2D eigenvalue weighted by atomic mass is 10.1. The van der Waals surface area contributed by atoms with E-state index in [0.29, 0.717) is 5.82 Å². The first-order valence-electron chi connectivity index (χ1n) is 4.79. The second kappa shape index (κ2) is 5.20. The monoisotopic (exact) mass is 241 g/mol. The van der Waals surface area contributed by atoms with Crippen molar-refractivity contribution in [3.63, 3.8) is 0 Å². The number of hydroxylamine groups is 1. The van der Waals surface area contributed by atoms with Crippen LogP contribution in [0.1, 0.15) is 20.8 Å². The average molecular weight is 241 g/mol. The van der Waals surface area contributed by atoms with Crippen LogP contribution < -0.4 is 10.4 Å². The number of nitrogens with one attached hydrogen (secondary N) is 1. The number of rotatable bonds is 2. The molecule has 2 N–H and O–H groups in total. The maximum absolute atomic E-state index is 8.81. The van der Waals surface area contributed by atoms with Gasteiger partial charge in [0.05, 0.1) is 0 Å². The standard InChI is InChI=1S/C10H15N3O2S/c1-10(2,3)12-9(16)13(15-14)8-6-4-5-7-11-8/h4-7,14H,1-3H3,(H,12,16). The van der Waals surface area contributed by atoms with Crippen molar-refractivity contribution in [2.24, 2.45) is 0 Å². The molecule has 0 saturated carbocycles. The lowest BCUT2D eigenvalue weighted by molar-refractivity contribution is -0.241. The molecule has 1 aromatic heterocycles. The summed E-state index contributed by atoms with van der Waals surface area (Å²) < 4.78 is 0. The van der Waals surface area contributed by atoms with E-state index in [4.69, 9.17) is 17.5 Å². The molecule has 0 spiro atoms. The van der Waals surface area contributed by atoms with Gasteiger partial charge in [-0.1, -0.05) is 6.07 Å². The highest BCUT2D eigenvalue weighted by atomic mass is 32.1. The van der Waals surface area contributed by atoms with Crippen LogP contribution in [0.5, 0.6) is 0 Å². The van der Waals surface area contributed by atoms with Crippen LogP contribution >= 0.6 is 12.2 Å². The van der Waals surface area contributed by atoms with Crippen molar-refractivity contribution in [2.75, 3.05) is 5.06 Å². The fraction of sp³-hybridized carbons (Fsp3) is 0.400. The van der Waals surface area contributed by atoms with E-state index in [2.05, 4.69) is 15.3 Å². The summed E-state index contributed by atoms with van der Waals surface area (Å²) in [7, 11) is 0. The molecule has 0 aliphatic heterocycles. The minimum Gasteiger partial charge on any atom is -0.356 e. The maximum atomic E-state index is 8.81. The molecule has 0 aliphatic rings. The van der Waals surface area contributed by atoms with E-state index in [0.717, 1.165) is 5.06 Å². The van der Waals surface area contributed by atoms with Crippen LogP contribution in [0.3, 0.4) is 0 Å². The molecular weight excluding hydrogens is 226 g/mol. The Bertz CT molecular complexity index is 351. The van der Waals surface area contributed by atoms with Gasteiger partial charge >= 0.3 is 0 Å². The average Bonchev–Trinajstić information content (AvgIpc) is 2.17. The summed E-state index contributed by atoms with van der Waals surface area (Å²) in [6, 6.07) is 5.21. The van der Waals surface area contributed by atoms with Gasteiger partial charge in [-0.15, -0.1) is 10.1 Å². The number of hydrogen-bond donors (Lipinski definition) is 2. The molecule has 0 radical (unpaired) electrons. The quantitative estimate of drug-likeness (QED) is 0.469. The summed E-state index contributed by atoms with van der Waals surface area (Å²) in [6.45, 7) is 5.85. The van der Waals surface area contributed by atoms with E-state index in [1.807, 2.05) is 20.8 Å². The first-order valence-corrected chi connectivity index (χ1v) is 5.20. The molecular formula is C10H15N3O2S. The summed E-state index contributed by atoms with van der Waals surface area (Å²) in [4.78, 5) is 8.23. The van der Waals surface area contributed by atoms with E-state index in [-0.39, 0.29) is 10.7 Å². The molecule has 0 aliphatic carbocycles. The lowest BCUT2D eigenvalue weighted by Crippen LogP contribution is -2.48. The third-order valence-corrected chi connectivity index (χ3v) is 1.87. The van der Waals surface area contributed by atoms with Crippen molar-refractivity contribution in [1.82, 2.24) is 10.3 Å². The van der Waals surface area contributed by atoms with Crippen LogP contribution in [0, 0.1) is 0 Å². The number of thiocarbonyl (C=S) groups is 1. The van der Waals surface area contributed by atoms with E-state index in [9.17, 15) is 0 Å². The van der Waals surface area contributed by atoms with Crippen molar-refractivity contribution in [3.8, 4) is 0 Å². The smallest absolute Gasteiger partial charge is 0.203 e. The minimum absolute atomic E-state index is 0.220. The fourth-order valence-corrected chi connectivity index (χ4v) is 1.46. The largest absolute Gasteiger partial charge is 0.356 e. The van der Waals surface area contributed by atoms with E-state index >= 15 is 0 Å². The molecule has 0 amide bonds. The van der Waals surface area contributed by atoms with Crippen LogP contribution in [-0.2, 0) is 4.99 Å². The van der Waals surface area contributed by atoms with Crippen LogP contribution in [0.15, 0.2) is 24.4 Å². The second-order valence-electron chi connectivity index (χ2n) is 4.24. The summed E-state index contributed by atoms with van der Waals surface area (Å²) in [6.07, 6.45) is 1.58. The Balaban J connectivity index is 2.80. The Morgan fingerprint density at radius 3 is 2.62 bits per heavy atom. The third kappa shape index (κ3) is 3.73. The molecule has 0 saturated heterocycles. The molecule has 6 heteroatoms. The molecule has 1 aromatic rings. The lowest BCUT2D eigenvalue weighted by Gasteiger charge is -2.27. The van der Waals surface area contributed by atoms with Crippen molar-refractivity contribution in [3.05, 3.63) is 24.4 Å². The summed E-state index contributed by atoms with van der Waals surface area (Å²) in [5, 5.41) is 13.1. The molecule has 0 aromatic carbocycles. The molecule has 1 heterocycles. The maximum Gasteiger partial charge on any atom is 0.203 e. The van der Waals surface area contributed by atoms with Crippen molar-refractivity contribution < 1.29 is 10.2 Å². The summed E-state index contributed by atoms with van der Waals surface area (Å²) >= 11 is 5.09. The van der Waals surface area contributed by atoms with E-state index in [1.165, 1.54) is 0 Å². The van der Waals surface area contributed by atoms with Crippen LogP contribution in [0.25, 0.3) is 0 Å². The van der Waals surface area contributed by atoms with Crippen LogP contribution in [-0.4, -0.2) is 20.9 Å². The van der Waals surface area contributed by atoms with Gasteiger partial charge in [0, 0.05) is 11.7 Å². The second-order valence-corrected chi connectivity index (χ2v) is 4.63. The van der Waals surface area contributed by atoms with Gasteiger partial charge in [0.25, 0.3) is 0 Å². The molecule has 5 nitrogen and oxygen atoms in total. The number of aromatic nitrogens is 1. The number of nitrogens with zero attached hydrogens (tertiary/aromatic N) is 2. The van der Waals surface area contributed by atoms with E-state index in [1.54, 1.807) is 24.4 Å². The zero-order valence-electron chi connectivity index (χ0n) is 9.47. The molecule has 0 unspecified atom stereocenters. The molecule has 0 fully saturated rings. The van der Waals surface area contributed by atoms with Gasteiger partial charge in [-0.3, -0.25) is 0 Å². The Hall–Kier alpha value is -1.24. The van der Waals surface area contributed by atoms with Gasteiger partial charge in [0.2, 0.25) is 5.11 Å². The Kier molecular flexibility index (Phi) is 4.17. The van der Waals surface area contributed by atoms with Crippen molar-refractivity contribution in [1.29, 1.82) is 0 Å². The molecule has 16 heavy (non-hydrogen) atoms. The summed E-state index contributed by atoms with van der Waals surface area (Å²) in [5.74, 6) is 0.409. The Labute approximate surface area is 99.9 Å². The highest BCUT2D eigenvalue weighted by molar-refractivity contribution is 7.80. The topological polar surface area (TPSA) is 57.6 Å². The predicted octanol–water partition coefficient (Wildman–Crippen LogP) is 1.97. The molecule has 1 rings (SSSR count). The van der Waals surface area contributed by atoms with Gasteiger partial charge < -0.3 is 5.32 Å². The van der Waals surface area contributed by atoms with Crippen molar-refractivity contribution in [2.45, 2.75) is 26.3 Å². The van der Waals surface area contributed by atoms with Crippen molar-refractivity contribution >= 4 is 23.1 Å². The predicted molar refractivity (Wildman–Crippen MR) is 65.9 cm³/mol. The van der Waals surface area contributed by atoms with Gasteiger partial charge in [-0.05, 0) is 45.1 Å². The number of pyridine rings is 1. The van der Waals surface area contributed by atoms with Crippen LogP contribution in [0.4, 0.5) is 5.82 Å². The SMILES string of the molecule is CC(C)(C)NC(=S)N(OO)c1ccccn1. The third-order valence-electron chi connectivity index (χ3n) is 1.61. The van der Waals surface area contributed by atoms with Gasteiger partial charge in [0.15, 0.2) is 5.82 Å². The zero-order chi connectivity index (χ0) is 12.2. The summed E-state index contributed by atoms with van der Waals surface area (Å²) in [5.41, 5.74) is -0.220. The Morgan fingerprint density at radius 1 is 1.50 bits per heavy atom. The van der Waals surface area contributed by atoms with Crippen LogP contribution in [0.2, 0.25) is 0 Å². The first kappa shape index (κ1) is 12.8. The highest BCUT2D eigenvalue weighted by Gasteiger charge is 2.19. The zero-order valence-corrected chi connectivity index (χ0v) is 10.3. The van der Waals surface area contributed by atoms with Gasteiger partial charge in [0.1, 0.15) is 0 Å². The number of anilines is 1. The van der Waals surface area contributed by atoms with Gasteiger partial charge in [-0.25, -0.2) is 10.2 Å². The molecule has 0 bridgehead atoms.